The van der Waals surface area contributed by atoms with Gasteiger partial charge in [-0.05, 0) is 18.2 Å². The summed E-state index contributed by atoms with van der Waals surface area (Å²) in [6, 6.07) is 2.76. The summed E-state index contributed by atoms with van der Waals surface area (Å²) in [5.41, 5.74) is 0.208. The molecule has 1 saturated heterocycles. The summed E-state index contributed by atoms with van der Waals surface area (Å²) >= 11 is 4.85. The lowest BCUT2D eigenvalue weighted by Crippen LogP contribution is -2.50. The lowest BCUT2D eigenvalue weighted by atomic mass is 10.2. The Hall–Kier alpha value is -1.95. The van der Waals surface area contributed by atoms with Gasteiger partial charge in [0, 0.05) is 0 Å². The molecule has 15 heavy (non-hydrogen) atoms. The second-order valence-corrected chi connectivity index (χ2v) is 3.22. The average Bonchev–Trinajstić information content (AvgIpc) is 2.63. The molecule has 1 aromatic rings. The van der Waals surface area contributed by atoms with Gasteiger partial charge in [0.1, 0.15) is 10.7 Å². The van der Waals surface area contributed by atoms with Crippen LogP contribution in [0.3, 0.4) is 0 Å². The molecule has 0 aromatic carbocycles. The van der Waals surface area contributed by atoms with Gasteiger partial charge in [-0.25, -0.2) is 4.79 Å². The van der Waals surface area contributed by atoms with Crippen LogP contribution in [0, 0.1) is 0 Å². The van der Waals surface area contributed by atoms with Crippen molar-refractivity contribution >= 4 is 35.2 Å². The quantitative estimate of drug-likeness (QED) is 0.545. The third-order valence-corrected chi connectivity index (χ3v) is 2.10. The minimum atomic E-state index is -0.610. The summed E-state index contributed by atoms with van der Waals surface area (Å²) in [6.45, 7) is 0. The number of thiocarbonyl (C=S) groups is 1. The highest BCUT2D eigenvalue weighted by Crippen LogP contribution is 2.10. The van der Waals surface area contributed by atoms with Crippen LogP contribution in [0.2, 0.25) is 0 Å². The summed E-state index contributed by atoms with van der Waals surface area (Å²) in [6.07, 6.45) is 2.95. The molecule has 0 atom stereocenters. The molecular formula is C9H6N2O3S. The Kier molecular flexibility index (Phi) is 2.34. The van der Waals surface area contributed by atoms with Crippen molar-refractivity contribution in [3.05, 3.63) is 29.7 Å². The van der Waals surface area contributed by atoms with Crippen LogP contribution in [0.5, 0.6) is 0 Å². The fraction of sp³-hybridized carbons (Fsp3) is 0. The summed E-state index contributed by atoms with van der Waals surface area (Å²) < 4.78 is 5.03. The van der Waals surface area contributed by atoms with E-state index < -0.39 is 11.9 Å². The van der Waals surface area contributed by atoms with E-state index in [4.69, 9.17) is 16.6 Å². The Morgan fingerprint density at radius 1 is 1.33 bits per heavy atom. The molecule has 1 aromatic heterocycles. The predicted molar refractivity (Wildman–Crippen MR) is 56.0 cm³/mol. The number of carbonyl (C=O) groups is 2. The van der Waals surface area contributed by atoms with Gasteiger partial charge in [-0.2, -0.15) is 0 Å². The first-order valence-corrected chi connectivity index (χ1v) is 4.49. The smallest absolute Gasteiger partial charge is 0.326 e. The lowest BCUT2D eigenvalue weighted by molar-refractivity contribution is -0.116. The zero-order valence-corrected chi connectivity index (χ0v) is 8.26. The fourth-order valence-corrected chi connectivity index (χ4v) is 1.37. The number of furan rings is 1. The molecule has 0 spiro atoms. The van der Waals surface area contributed by atoms with Crippen molar-refractivity contribution in [1.82, 2.24) is 10.6 Å². The minimum absolute atomic E-state index is 0.0974. The van der Waals surface area contributed by atoms with Crippen LogP contribution in [0.25, 0.3) is 6.08 Å². The van der Waals surface area contributed by atoms with Gasteiger partial charge in [-0.3, -0.25) is 15.4 Å². The summed E-state index contributed by atoms with van der Waals surface area (Å²) in [5.74, 6) is -0.0289. The average molecular weight is 222 g/mol. The van der Waals surface area contributed by atoms with Gasteiger partial charge in [0.05, 0.1) is 11.8 Å². The molecular weight excluding hydrogens is 216 g/mol. The molecule has 6 heteroatoms. The predicted octanol–water partition coefficient (Wildman–Crippen LogP) is 0.830. The van der Waals surface area contributed by atoms with Crippen LogP contribution < -0.4 is 10.6 Å². The van der Waals surface area contributed by atoms with Crippen LogP contribution in [0.4, 0.5) is 4.79 Å². The largest absolute Gasteiger partial charge is 0.465 e. The van der Waals surface area contributed by atoms with Crippen molar-refractivity contribution in [2.75, 3.05) is 0 Å². The van der Waals surface area contributed by atoms with Gasteiger partial charge in [0.2, 0.25) is 0 Å². The van der Waals surface area contributed by atoms with E-state index in [0.29, 0.717) is 5.76 Å². The Morgan fingerprint density at radius 2 is 2.13 bits per heavy atom. The zero-order valence-electron chi connectivity index (χ0n) is 7.44. The molecule has 3 amide bonds. The standard InChI is InChI=1S/C9H6N2O3S/c12-7-6(4-5-2-1-3-14-5)8(15)11-9(13)10-7/h1-4H,(H2,10,11,12,13,15)/b6-4+. The van der Waals surface area contributed by atoms with E-state index in [0.717, 1.165) is 0 Å². The Morgan fingerprint density at radius 3 is 2.73 bits per heavy atom. The first kappa shape index (κ1) is 9.60. The topological polar surface area (TPSA) is 71.3 Å². The van der Waals surface area contributed by atoms with Crippen molar-refractivity contribution in [2.45, 2.75) is 0 Å². The maximum absolute atomic E-state index is 11.4. The molecule has 1 aliphatic heterocycles. The summed E-state index contributed by atoms with van der Waals surface area (Å²) in [7, 11) is 0. The summed E-state index contributed by atoms with van der Waals surface area (Å²) in [5, 5.41) is 4.41. The third-order valence-electron chi connectivity index (χ3n) is 1.77. The van der Waals surface area contributed by atoms with Gasteiger partial charge in [0.25, 0.3) is 5.91 Å². The van der Waals surface area contributed by atoms with Gasteiger partial charge >= 0.3 is 6.03 Å². The van der Waals surface area contributed by atoms with E-state index >= 15 is 0 Å². The van der Waals surface area contributed by atoms with Gasteiger partial charge < -0.3 is 4.42 Å². The molecule has 0 aliphatic carbocycles. The van der Waals surface area contributed by atoms with Crippen LogP contribution in [-0.4, -0.2) is 16.9 Å². The maximum atomic E-state index is 11.4. The monoisotopic (exact) mass is 222 g/mol. The highest BCUT2D eigenvalue weighted by atomic mass is 32.1. The van der Waals surface area contributed by atoms with E-state index in [2.05, 4.69) is 10.6 Å². The number of carbonyl (C=O) groups excluding carboxylic acids is 2. The fourth-order valence-electron chi connectivity index (χ4n) is 1.12. The van der Waals surface area contributed by atoms with Crippen molar-refractivity contribution in [2.24, 2.45) is 0 Å². The van der Waals surface area contributed by atoms with Gasteiger partial charge in [0.15, 0.2) is 0 Å². The first-order chi connectivity index (χ1) is 7.16. The molecule has 1 fully saturated rings. The Bertz CT molecular complexity index is 440. The molecule has 2 heterocycles. The second-order valence-electron chi connectivity index (χ2n) is 2.81. The molecule has 0 radical (unpaired) electrons. The Labute approximate surface area is 90.1 Å². The number of rotatable bonds is 1. The van der Waals surface area contributed by atoms with Crippen molar-refractivity contribution in [1.29, 1.82) is 0 Å². The SMILES string of the molecule is O=C1NC(=O)/C(=C\c2ccco2)C(=S)N1. The Balaban J connectivity index is 2.32. The second kappa shape index (κ2) is 3.66. The lowest BCUT2D eigenvalue weighted by Gasteiger charge is -2.15. The normalized spacial score (nSPS) is 18.9. The maximum Gasteiger partial charge on any atom is 0.326 e. The van der Waals surface area contributed by atoms with Crippen molar-refractivity contribution < 1.29 is 14.0 Å². The van der Waals surface area contributed by atoms with Crippen molar-refractivity contribution in [3.63, 3.8) is 0 Å². The van der Waals surface area contributed by atoms with E-state index in [1.54, 1.807) is 12.1 Å². The molecule has 76 valence electrons. The van der Waals surface area contributed by atoms with E-state index in [-0.39, 0.29) is 10.6 Å². The molecule has 2 N–H and O–H groups in total. The highest BCUT2D eigenvalue weighted by molar-refractivity contribution is 7.81. The van der Waals surface area contributed by atoms with Crippen LogP contribution >= 0.6 is 12.2 Å². The summed E-state index contributed by atoms with van der Waals surface area (Å²) in [4.78, 5) is 22.3. The number of hydrogen-bond donors (Lipinski definition) is 2. The van der Waals surface area contributed by atoms with Gasteiger partial charge in [-0.15, -0.1) is 0 Å². The molecule has 5 nitrogen and oxygen atoms in total. The van der Waals surface area contributed by atoms with Crippen molar-refractivity contribution in [3.8, 4) is 0 Å². The molecule has 0 saturated carbocycles. The van der Waals surface area contributed by atoms with E-state index in [1.165, 1.54) is 12.3 Å². The number of nitrogens with one attached hydrogen (secondary N) is 2. The number of imide groups is 1. The number of amides is 3. The van der Waals surface area contributed by atoms with Gasteiger partial charge in [-0.1, -0.05) is 12.2 Å². The highest BCUT2D eigenvalue weighted by Gasteiger charge is 2.24. The van der Waals surface area contributed by atoms with Crippen LogP contribution in [0.1, 0.15) is 5.76 Å². The first-order valence-electron chi connectivity index (χ1n) is 4.08. The number of hydrogen-bond acceptors (Lipinski definition) is 4. The molecule has 0 bridgehead atoms. The molecule has 0 unspecified atom stereocenters. The molecule has 2 rings (SSSR count). The minimum Gasteiger partial charge on any atom is -0.465 e. The van der Waals surface area contributed by atoms with E-state index in [1.807, 2.05) is 0 Å². The van der Waals surface area contributed by atoms with Crippen LogP contribution in [0.15, 0.2) is 28.4 Å². The number of urea groups is 1. The van der Waals surface area contributed by atoms with Crippen LogP contribution in [-0.2, 0) is 4.79 Å². The molecule has 1 aliphatic rings. The zero-order chi connectivity index (χ0) is 10.8. The van der Waals surface area contributed by atoms with E-state index in [9.17, 15) is 9.59 Å². The third kappa shape index (κ3) is 1.94.